The predicted molar refractivity (Wildman–Crippen MR) is 133 cm³/mol. The molecule has 1 aliphatic heterocycles. The lowest BCUT2D eigenvalue weighted by atomic mass is 10.1. The molecule has 32 heavy (non-hydrogen) atoms. The fourth-order valence-electron chi connectivity index (χ4n) is 3.70. The summed E-state index contributed by atoms with van der Waals surface area (Å²) in [6.07, 6.45) is 1.22. The van der Waals surface area contributed by atoms with Crippen LogP contribution in [0.25, 0.3) is 0 Å². The van der Waals surface area contributed by atoms with Gasteiger partial charge in [0, 0.05) is 32.9 Å². The number of halogens is 2. The first kappa shape index (κ1) is 22.5. The average molecular weight is 559 g/mol. The minimum atomic E-state index is -0.255. The van der Waals surface area contributed by atoms with Crippen LogP contribution in [0.15, 0.2) is 72.8 Å². The molecule has 0 spiro atoms. The molecule has 0 fully saturated rings. The highest BCUT2D eigenvalue weighted by Crippen LogP contribution is 2.24. The van der Waals surface area contributed by atoms with Gasteiger partial charge in [0.2, 0.25) is 0 Å². The first-order chi connectivity index (χ1) is 15.5. The summed E-state index contributed by atoms with van der Waals surface area (Å²) < 4.78 is 1.05. The number of nitrogens with zero attached hydrogens (tertiary/aromatic N) is 2. The molecule has 0 saturated carbocycles. The third-order valence-corrected chi connectivity index (χ3v) is 6.34. The molecular formula is C25H20ClIN2O3. The van der Waals surface area contributed by atoms with Gasteiger partial charge in [0.05, 0.1) is 11.1 Å². The van der Waals surface area contributed by atoms with Crippen molar-refractivity contribution in [3.05, 3.63) is 98.1 Å². The Hall–Kier alpha value is -2.71. The molecule has 162 valence electrons. The fourth-order valence-corrected chi connectivity index (χ4v) is 4.18. The maximum atomic E-state index is 13.2. The molecule has 7 heteroatoms. The lowest BCUT2D eigenvalue weighted by Gasteiger charge is -2.24. The fraction of sp³-hybridized carbons (Fsp3) is 0.160. The van der Waals surface area contributed by atoms with E-state index in [0.29, 0.717) is 47.6 Å². The lowest BCUT2D eigenvalue weighted by molar-refractivity contribution is 0.0651. The zero-order valence-corrected chi connectivity index (χ0v) is 20.0. The monoisotopic (exact) mass is 558 g/mol. The summed E-state index contributed by atoms with van der Waals surface area (Å²) >= 11 is 8.22. The molecule has 0 aromatic heterocycles. The molecule has 4 rings (SSSR count). The number of benzene rings is 3. The Kier molecular flexibility index (Phi) is 6.91. The van der Waals surface area contributed by atoms with Gasteiger partial charge in [0.25, 0.3) is 17.7 Å². The first-order valence-electron chi connectivity index (χ1n) is 10.2. The SMILES string of the molecule is O=C1c2ccccc2C(=O)N1CCCCN(C(=O)c1ccc(I)cc1)c1ccc(Cl)cc1. The zero-order valence-electron chi connectivity index (χ0n) is 17.1. The first-order valence-corrected chi connectivity index (χ1v) is 11.7. The van der Waals surface area contributed by atoms with E-state index in [0.717, 1.165) is 9.26 Å². The van der Waals surface area contributed by atoms with Gasteiger partial charge in [-0.2, -0.15) is 0 Å². The van der Waals surface area contributed by atoms with E-state index in [1.54, 1.807) is 41.3 Å². The van der Waals surface area contributed by atoms with E-state index in [1.807, 2.05) is 36.4 Å². The van der Waals surface area contributed by atoms with Crippen molar-refractivity contribution in [1.29, 1.82) is 0 Å². The number of amides is 3. The Morgan fingerprint density at radius 1 is 0.844 bits per heavy atom. The minimum absolute atomic E-state index is 0.107. The van der Waals surface area contributed by atoms with Crippen molar-refractivity contribution in [2.24, 2.45) is 0 Å². The number of carbonyl (C=O) groups excluding carboxylic acids is 3. The quantitative estimate of drug-likeness (QED) is 0.213. The topological polar surface area (TPSA) is 57.7 Å². The van der Waals surface area contributed by atoms with Crippen LogP contribution in [0, 0.1) is 3.57 Å². The molecule has 1 heterocycles. The van der Waals surface area contributed by atoms with E-state index in [2.05, 4.69) is 22.6 Å². The van der Waals surface area contributed by atoms with Gasteiger partial charge in [0.15, 0.2) is 0 Å². The second kappa shape index (κ2) is 9.83. The van der Waals surface area contributed by atoms with E-state index in [-0.39, 0.29) is 17.7 Å². The number of fused-ring (bicyclic) bond motifs is 1. The molecule has 5 nitrogen and oxygen atoms in total. The Balaban J connectivity index is 1.43. The van der Waals surface area contributed by atoms with Crippen LogP contribution < -0.4 is 4.90 Å². The van der Waals surface area contributed by atoms with Crippen molar-refractivity contribution in [3.63, 3.8) is 0 Å². The highest BCUT2D eigenvalue weighted by atomic mass is 127. The van der Waals surface area contributed by atoms with Crippen molar-refractivity contribution in [1.82, 2.24) is 4.90 Å². The summed E-state index contributed by atoms with van der Waals surface area (Å²) in [4.78, 5) is 41.3. The summed E-state index contributed by atoms with van der Waals surface area (Å²) in [5, 5.41) is 0.598. The van der Waals surface area contributed by atoms with Crippen molar-refractivity contribution in [2.75, 3.05) is 18.0 Å². The maximum absolute atomic E-state index is 13.2. The number of anilines is 1. The Bertz CT molecular complexity index is 1130. The smallest absolute Gasteiger partial charge is 0.261 e. The Morgan fingerprint density at radius 2 is 1.44 bits per heavy atom. The molecule has 1 aliphatic rings. The van der Waals surface area contributed by atoms with Gasteiger partial charge in [-0.15, -0.1) is 0 Å². The molecular weight excluding hydrogens is 539 g/mol. The standard InChI is InChI=1S/C25H20ClIN2O3/c26-18-9-13-20(14-10-18)28(23(30)17-7-11-19(27)12-8-17)15-3-4-16-29-24(31)21-5-1-2-6-22(21)25(29)32/h1-2,5-14H,3-4,15-16H2. The van der Waals surface area contributed by atoms with Crippen LogP contribution >= 0.6 is 34.2 Å². The van der Waals surface area contributed by atoms with E-state index in [1.165, 1.54) is 4.90 Å². The van der Waals surface area contributed by atoms with Gasteiger partial charge in [0.1, 0.15) is 0 Å². The molecule has 0 N–H and O–H groups in total. The molecule has 0 bridgehead atoms. The largest absolute Gasteiger partial charge is 0.308 e. The van der Waals surface area contributed by atoms with Crippen LogP contribution in [0.2, 0.25) is 5.02 Å². The second-order valence-electron chi connectivity index (χ2n) is 7.45. The number of rotatable bonds is 7. The minimum Gasteiger partial charge on any atom is -0.308 e. The molecule has 0 saturated heterocycles. The van der Waals surface area contributed by atoms with Gasteiger partial charge in [-0.05, 0) is 96.1 Å². The van der Waals surface area contributed by atoms with Crippen molar-refractivity contribution in [3.8, 4) is 0 Å². The van der Waals surface area contributed by atoms with Crippen molar-refractivity contribution < 1.29 is 14.4 Å². The lowest BCUT2D eigenvalue weighted by Crippen LogP contribution is -2.34. The number of unbranched alkanes of at least 4 members (excludes halogenated alkanes) is 1. The van der Waals surface area contributed by atoms with Gasteiger partial charge in [-0.1, -0.05) is 23.7 Å². The molecule has 3 aromatic rings. The maximum Gasteiger partial charge on any atom is 0.261 e. The molecule has 0 atom stereocenters. The highest BCUT2D eigenvalue weighted by Gasteiger charge is 2.34. The van der Waals surface area contributed by atoms with E-state index >= 15 is 0 Å². The summed E-state index contributed by atoms with van der Waals surface area (Å²) in [6.45, 7) is 0.772. The zero-order chi connectivity index (χ0) is 22.7. The van der Waals surface area contributed by atoms with Crippen molar-refractivity contribution >= 4 is 57.6 Å². The van der Waals surface area contributed by atoms with E-state index < -0.39 is 0 Å². The number of hydrogen-bond donors (Lipinski definition) is 0. The Labute approximate surface area is 205 Å². The van der Waals surface area contributed by atoms with Gasteiger partial charge in [-0.3, -0.25) is 19.3 Å². The third-order valence-electron chi connectivity index (χ3n) is 5.37. The number of imide groups is 1. The van der Waals surface area contributed by atoms with Gasteiger partial charge in [-0.25, -0.2) is 0 Å². The molecule has 0 radical (unpaired) electrons. The normalized spacial score (nSPS) is 12.8. The van der Waals surface area contributed by atoms with E-state index in [9.17, 15) is 14.4 Å². The summed E-state index contributed by atoms with van der Waals surface area (Å²) in [5.74, 6) is -0.616. The van der Waals surface area contributed by atoms with Gasteiger partial charge >= 0.3 is 0 Å². The third kappa shape index (κ3) is 4.71. The van der Waals surface area contributed by atoms with Crippen LogP contribution in [0.4, 0.5) is 5.69 Å². The Morgan fingerprint density at radius 3 is 2.03 bits per heavy atom. The molecule has 3 amide bonds. The number of hydrogen-bond acceptors (Lipinski definition) is 3. The predicted octanol–water partition coefficient (Wildman–Crippen LogP) is 5.67. The second-order valence-corrected chi connectivity index (χ2v) is 9.14. The molecule has 3 aromatic carbocycles. The van der Waals surface area contributed by atoms with Crippen molar-refractivity contribution in [2.45, 2.75) is 12.8 Å². The van der Waals surface area contributed by atoms with Crippen LogP contribution in [0.5, 0.6) is 0 Å². The molecule has 0 aliphatic carbocycles. The number of carbonyl (C=O) groups is 3. The van der Waals surface area contributed by atoms with Gasteiger partial charge < -0.3 is 4.90 Å². The van der Waals surface area contributed by atoms with Crippen LogP contribution in [-0.2, 0) is 0 Å². The summed E-state index contributed by atoms with van der Waals surface area (Å²) in [7, 11) is 0. The van der Waals surface area contributed by atoms with E-state index in [4.69, 9.17) is 11.6 Å². The van der Waals surface area contributed by atoms with Crippen LogP contribution in [0.3, 0.4) is 0 Å². The summed E-state index contributed by atoms with van der Waals surface area (Å²) in [6, 6.07) is 21.4. The van der Waals surface area contributed by atoms with Crippen LogP contribution in [0.1, 0.15) is 43.9 Å². The molecule has 0 unspecified atom stereocenters. The van der Waals surface area contributed by atoms with Crippen LogP contribution in [-0.4, -0.2) is 35.7 Å². The highest BCUT2D eigenvalue weighted by molar-refractivity contribution is 14.1. The summed E-state index contributed by atoms with van der Waals surface area (Å²) in [5.41, 5.74) is 2.25. The average Bonchev–Trinajstić information content (AvgIpc) is 3.05.